The summed E-state index contributed by atoms with van der Waals surface area (Å²) in [5, 5.41) is 11.8. The van der Waals surface area contributed by atoms with E-state index in [4.69, 9.17) is 193 Å². The van der Waals surface area contributed by atoms with E-state index in [1.807, 2.05) is 0 Å². The zero-order valence-electron chi connectivity index (χ0n) is 76.2. The third-order valence-electron chi connectivity index (χ3n) is 23.2. The van der Waals surface area contributed by atoms with Crippen LogP contribution in [-0.4, -0.2) is 339 Å². The maximum Gasteiger partial charge on any atom is 0.472 e. The summed E-state index contributed by atoms with van der Waals surface area (Å²) in [4.78, 5) is 182. The number of phosphoric ester groups is 1. The van der Waals surface area contributed by atoms with Crippen molar-refractivity contribution < 1.29 is 146 Å². The normalized spacial score (nSPS) is 29.0. The first-order valence-electron chi connectivity index (χ1n) is 43.1. The number of fused-ring (bicyclic) bond motifs is 4. The van der Waals surface area contributed by atoms with E-state index in [0.29, 0.717) is 5.56 Å². The molecule has 21 N–H and O–H groups in total. The molecule has 62 nitrogen and oxygen atoms in total. The summed E-state index contributed by atoms with van der Waals surface area (Å²) in [6, 6.07) is 0. The van der Waals surface area contributed by atoms with Crippen LogP contribution in [0.3, 0.4) is 0 Å². The lowest BCUT2D eigenvalue weighted by atomic mass is 10.1. The summed E-state index contributed by atoms with van der Waals surface area (Å²) in [6.45, 7) is -20.1. The number of aromatic nitrogens is 20. The van der Waals surface area contributed by atoms with Crippen molar-refractivity contribution in [2.75, 3.05) is 149 Å². The number of H-pyrrole nitrogens is 3. The second kappa shape index (κ2) is 45.1. The molecule has 11 unspecified atom stereocenters. The number of hydrogen-bond acceptors (Lipinski definition) is 52. The third-order valence-corrected chi connectivity index (χ3v) is 30.5. The predicted molar refractivity (Wildman–Crippen MR) is 504 cm³/mol. The number of methoxy groups -OCH3 is 4. The van der Waals surface area contributed by atoms with E-state index in [1.165, 1.54) is 85.0 Å². The van der Waals surface area contributed by atoms with Crippen LogP contribution in [-0.2, 0) is 163 Å². The third kappa shape index (κ3) is 24.4. The molecule has 10 aromatic rings. The van der Waals surface area contributed by atoms with E-state index in [0.717, 1.165) is 21.8 Å². The molecule has 6 fully saturated rings. The fourth-order valence-electron chi connectivity index (χ4n) is 16.5. The van der Waals surface area contributed by atoms with Crippen molar-refractivity contribution in [1.29, 1.82) is 0 Å². The lowest BCUT2D eigenvalue weighted by molar-refractivity contribution is -0.0836. The number of nitrogens with two attached hydrogens (primary N) is 6. The zero-order valence-corrected chi connectivity index (χ0v) is 84.0. The quantitative estimate of drug-likeness (QED) is 0.0138. The Morgan fingerprint density at radius 1 is 0.392 bits per heavy atom. The van der Waals surface area contributed by atoms with Gasteiger partial charge in [-0.05, 0) is 68.0 Å². The lowest BCUT2D eigenvalue weighted by Crippen LogP contribution is -2.41. The monoisotopic (exact) mass is 2190 g/mol. The highest BCUT2D eigenvalue weighted by Crippen LogP contribution is 2.58. The Bertz CT molecular complexity index is 6830. The minimum atomic E-state index is -5.82. The zero-order chi connectivity index (χ0) is 102. The summed E-state index contributed by atoms with van der Waals surface area (Å²) in [7, 11) is -0.360. The molecule has 71 heteroatoms. The number of imidazole rings is 4. The van der Waals surface area contributed by atoms with Gasteiger partial charge in [0.15, 0.2) is 69.9 Å². The van der Waals surface area contributed by atoms with E-state index in [-0.39, 0.29) is 145 Å². The molecule has 10 aromatic heterocycles. The fraction of sp³-hybridized carbons (Fsp3) is 0.611. The van der Waals surface area contributed by atoms with E-state index < -0.39 is 237 Å². The van der Waals surface area contributed by atoms with Gasteiger partial charge < -0.3 is 157 Å². The maximum absolute atomic E-state index is 15.5. The van der Waals surface area contributed by atoms with Crippen LogP contribution in [0.2, 0.25) is 0 Å². The molecule has 6 aliphatic rings. The molecule has 0 bridgehead atoms. The molecule has 0 amide bonds. The standard InChI is InChI=1S/C72H101N26O36P5S4/c1-30-18-93(71(103)85-54(30)73)64-50(115-12-8-111-4)46(99)36(126-64)21-121-138(109,142)134-49-39(127-65(52(49)117-14-10-113-6)94-19-31(2)55(74)86-72(94)104)24-123-139(110,143)133-48-37(128-67(53(48)118-15-11-114-7)98-29-84-45-60(98)89-70(78)92-63(45)102)22-119-135(105,106)132-47-38(129-66(51(47)116-13-9-112-5)97-28-81-42-56(75)79-25-80-57(42)97)23-122-137(108,141)131-34-17-41(96-27-83-44-59(96)88-69(77)91-62(44)101)125-35(34)20-120-136(107,140)130-33-16-40(124-32(33)3)95-26-82-43-58(95)87-68(76)90-61(43)100/h18-19,25-29,32-41,46-53,64-67,99H,8-17,20-24H2,1-7H3,(H,105,106)(H,107,140)(H,108,141)(H,109,142)(H,110,143)(H2,73,85,103)(H2,74,86,104)(H2,75,79,80)(H3,76,87,90,100)(H3,77,88,91,101)(H3,78,89,92,102)/t32-,33?,34?,35-,36-,37-,38-,39-,40-,41-,46?,47?,48?,49?,50+,51+,52+,53+,64-,65-,66-,67-,136?,137?,138?,139?/m1/s1. The van der Waals surface area contributed by atoms with Crippen molar-refractivity contribution in [3.05, 3.63) is 107 Å². The number of anilines is 6. The van der Waals surface area contributed by atoms with E-state index in [9.17, 15) is 53.5 Å². The number of rotatable bonds is 47. The number of aromatic amines is 3. The topological polar surface area (TPSA) is 820 Å². The number of aryl methyl sites for hydroxylation is 2. The number of ether oxygens (including phenoxy) is 14. The Morgan fingerprint density at radius 3 is 1.20 bits per heavy atom. The Balaban J connectivity index is 0.678. The number of nitrogens with zero attached hydrogens (tertiary/aromatic N) is 17. The smallest absolute Gasteiger partial charge is 0.387 e. The molecule has 16 rings (SSSR count). The van der Waals surface area contributed by atoms with Crippen LogP contribution in [0.4, 0.5) is 35.3 Å². The first-order chi connectivity index (χ1) is 68.0. The van der Waals surface area contributed by atoms with Crippen molar-refractivity contribution in [2.45, 2.75) is 169 Å². The molecule has 0 spiro atoms. The second-order valence-corrected chi connectivity index (χ2v) is 45.3. The average molecular weight is 2190 g/mol. The lowest BCUT2D eigenvalue weighted by Gasteiger charge is -2.30. The highest BCUT2D eigenvalue weighted by Gasteiger charge is 2.57. The van der Waals surface area contributed by atoms with E-state index >= 15 is 4.57 Å². The van der Waals surface area contributed by atoms with Gasteiger partial charge in [0.2, 0.25) is 17.8 Å². The van der Waals surface area contributed by atoms with Crippen molar-refractivity contribution >= 4 is 162 Å². The first-order valence-corrected chi connectivity index (χ1v) is 55.0. The van der Waals surface area contributed by atoms with Crippen LogP contribution in [0.1, 0.15) is 68.3 Å². The number of aliphatic hydroxyl groups excluding tert-OH is 1. The van der Waals surface area contributed by atoms with Crippen molar-refractivity contribution in [1.82, 2.24) is 97.2 Å². The molecule has 0 radical (unpaired) electrons. The predicted octanol–water partition coefficient (Wildman–Crippen LogP) is -2.50. The van der Waals surface area contributed by atoms with Gasteiger partial charge in [-0.15, -0.1) is 0 Å². The van der Waals surface area contributed by atoms with Crippen LogP contribution in [0, 0.1) is 13.8 Å². The fourth-order valence-corrected chi connectivity index (χ4v) is 23.3. The minimum absolute atomic E-state index is 0.0160. The Hall–Kier alpha value is -8.21. The molecule has 784 valence electrons. The number of hydrogen-bond donors (Lipinski definition) is 15. The van der Waals surface area contributed by atoms with E-state index in [1.54, 1.807) is 13.8 Å². The molecule has 27 atom stereocenters. The van der Waals surface area contributed by atoms with Gasteiger partial charge in [0.1, 0.15) is 115 Å². The molecule has 6 aliphatic heterocycles. The largest absolute Gasteiger partial charge is 0.472 e. The summed E-state index contributed by atoms with van der Waals surface area (Å²) < 4.78 is 169. The van der Waals surface area contributed by atoms with Crippen LogP contribution in [0.15, 0.2) is 68.0 Å². The Morgan fingerprint density at radius 2 is 0.741 bits per heavy atom. The molecular formula is C72H101N26O36P5S4. The molecule has 0 saturated carbocycles. The van der Waals surface area contributed by atoms with Crippen molar-refractivity contribution in [3.63, 3.8) is 0 Å². The van der Waals surface area contributed by atoms with Crippen molar-refractivity contribution in [3.8, 4) is 0 Å². The second-order valence-electron chi connectivity index (χ2n) is 32.7. The van der Waals surface area contributed by atoms with E-state index in [2.05, 4.69) is 69.8 Å². The van der Waals surface area contributed by atoms with Gasteiger partial charge in [-0.25, -0.2) is 44.1 Å². The van der Waals surface area contributed by atoms with Gasteiger partial charge in [0.05, 0.1) is 130 Å². The summed E-state index contributed by atoms with van der Waals surface area (Å²) in [5.41, 5.74) is 32.4. The molecule has 143 heavy (non-hydrogen) atoms. The summed E-state index contributed by atoms with van der Waals surface area (Å²) in [5.74, 6) is -1.22. The van der Waals surface area contributed by atoms with Crippen LogP contribution >= 0.6 is 34.7 Å². The van der Waals surface area contributed by atoms with Gasteiger partial charge in [0.25, 0.3) is 16.7 Å². The van der Waals surface area contributed by atoms with Crippen LogP contribution < -0.4 is 62.5 Å². The SMILES string of the molecule is COCCO[C@H]1C(O)[C@@H](COP(O)(=S)OC2[C@@H](COP(O)(=S)OC3[C@@H](COP(=O)(O)OC4[C@@H](COP(O)(=S)OC5C[C@H](n6cnc7c(=O)[nH]c(N)nc76)O[C@@H]5COP(O)(=S)OC5C[C@H](n6cnc7c(=O)[nH]c(N)nc76)O[C@@H]5C)O[C@@H](n5cnc6c(N)ncnc65)[C@H]4OCCOC)O[C@@H](n4cnc5c(=O)[nH]c(N)nc54)[C@H]3OCCOC)O[C@@H](n3cc(C)c(N)nc3=O)[C@H]2OCCOC)O[C@H]1n1cc(C)c(N)nc1=O. The highest BCUT2D eigenvalue weighted by atomic mass is 32.5. The molecule has 16 heterocycles. The molecular weight excluding hydrogens is 2090 g/mol. The highest BCUT2D eigenvalue weighted by molar-refractivity contribution is 8.08. The Labute approximate surface area is 824 Å². The average Bonchev–Trinajstić information content (AvgIpc) is 1.38. The van der Waals surface area contributed by atoms with Gasteiger partial charge in [-0.1, -0.05) is 0 Å². The molecule has 0 aliphatic carbocycles. The first kappa shape index (κ1) is 108. The van der Waals surface area contributed by atoms with Crippen LogP contribution in [0.25, 0.3) is 44.7 Å². The Kier molecular flexibility index (Phi) is 33.9. The molecule has 6 saturated heterocycles. The van der Waals surface area contributed by atoms with Gasteiger partial charge in [-0.3, -0.25) is 74.8 Å². The number of nitrogen functional groups attached to an aromatic ring is 6. The van der Waals surface area contributed by atoms with Crippen molar-refractivity contribution in [2.24, 2.45) is 0 Å². The number of nitrogens with one attached hydrogen (secondary N) is 3. The summed E-state index contributed by atoms with van der Waals surface area (Å²) >= 11 is 22.9. The maximum atomic E-state index is 15.5. The van der Waals surface area contributed by atoms with Gasteiger partial charge >= 0.3 is 46.1 Å². The van der Waals surface area contributed by atoms with Gasteiger partial charge in [-0.2, -0.15) is 24.9 Å². The van der Waals surface area contributed by atoms with Gasteiger partial charge in [0, 0.05) is 64.8 Å². The minimum Gasteiger partial charge on any atom is -0.387 e. The number of aliphatic hydroxyl groups is 1. The summed E-state index contributed by atoms with van der Waals surface area (Å²) in [6.07, 6.45) is -24.4. The number of phosphoric acid groups is 1. The molecule has 0 aromatic carbocycles. The van der Waals surface area contributed by atoms with Crippen LogP contribution in [0.5, 0.6) is 0 Å².